The van der Waals surface area contributed by atoms with Crippen LogP contribution in [0.15, 0.2) is 30.7 Å². The molecule has 2 aromatic heterocycles. The molecule has 0 saturated carbocycles. The molecule has 0 unspecified atom stereocenters. The Morgan fingerprint density at radius 2 is 2.06 bits per heavy atom. The maximum atomic E-state index is 4.34. The summed E-state index contributed by atoms with van der Waals surface area (Å²) in [6.07, 6.45) is 5.40. The summed E-state index contributed by atoms with van der Waals surface area (Å²) in [5.41, 5.74) is 2.16. The number of rotatable bonds is 4. The van der Waals surface area contributed by atoms with Crippen molar-refractivity contribution in [1.82, 2.24) is 20.3 Å². The Hall–Kier alpha value is -1.68. The lowest BCUT2D eigenvalue weighted by atomic mass is 10.2. The van der Waals surface area contributed by atoms with Crippen LogP contribution in [0.4, 0.5) is 0 Å². The Morgan fingerprint density at radius 3 is 2.75 bits per heavy atom. The minimum absolute atomic E-state index is 0.479. The van der Waals surface area contributed by atoms with Crippen molar-refractivity contribution in [3.8, 4) is 11.4 Å². The molecule has 16 heavy (non-hydrogen) atoms. The molecule has 0 atom stereocenters. The first-order chi connectivity index (χ1) is 7.75. The van der Waals surface area contributed by atoms with E-state index in [-0.39, 0.29) is 0 Å². The molecule has 2 N–H and O–H groups in total. The highest BCUT2D eigenvalue weighted by Crippen LogP contribution is 2.13. The molecule has 4 nitrogen and oxygen atoms in total. The molecule has 4 heteroatoms. The minimum atomic E-state index is 0.479. The Morgan fingerprint density at radius 1 is 1.31 bits per heavy atom. The van der Waals surface area contributed by atoms with Crippen molar-refractivity contribution in [2.24, 2.45) is 0 Å². The zero-order valence-electron chi connectivity index (χ0n) is 9.57. The largest absolute Gasteiger partial charge is 0.341 e. The molecule has 2 rings (SSSR count). The molecule has 0 spiro atoms. The van der Waals surface area contributed by atoms with Crippen LogP contribution in [0.2, 0.25) is 0 Å². The maximum absolute atomic E-state index is 4.34. The van der Waals surface area contributed by atoms with E-state index < -0.39 is 0 Å². The van der Waals surface area contributed by atoms with E-state index in [1.807, 2.05) is 18.3 Å². The van der Waals surface area contributed by atoms with Crippen LogP contribution in [-0.4, -0.2) is 21.0 Å². The van der Waals surface area contributed by atoms with Gasteiger partial charge in [-0.15, -0.1) is 0 Å². The molecule has 2 heterocycles. The van der Waals surface area contributed by atoms with Crippen molar-refractivity contribution in [3.63, 3.8) is 0 Å². The van der Waals surface area contributed by atoms with Gasteiger partial charge in [0.05, 0.1) is 0 Å². The number of hydrogen-bond acceptors (Lipinski definition) is 3. The van der Waals surface area contributed by atoms with Crippen LogP contribution < -0.4 is 5.32 Å². The number of imidazole rings is 1. The number of pyridine rings is 1. The SMILES string of the molecule is CC(C)NCc1cnc(-c2ccncc2)[nH]1. The summed E-state index contributed by atoms with van der Waals surface area (Å²) in [6.45, 7) is 5.07. The van der Waals surface area contributed by atoms with E-state index in [4.69, 9.17) is 0 Å². The lowest BCUT2D eigenvalue weighted by molar-refractivity contribution is 0.583. The normalized spacial score (nSPS) is 10.9. The van der Waals surface area contributed by atoms with Crippen molar-refractivity contribution in [3.05, 3.63) is 36.4 Å². The van der Waals surface area contributed by atoms with Gasteiger partial charge in [-0.3, -0.25) is 4.98 Å². The summed E-state index contributed by atoms with van der Waals surface area (Å²) in [5.74, 6) is 0.892. The standard InChI is InChI=1S/C12H16N4/c1-9(2)14-7-11-8-15-12(16-11)10-3-5-13-6-4-10/h3-6,8-9,14H,7H2,1-2H3,(H,15,16). The Bertz CT molecular complexity index is 433. The van der Waals surface area contributed by atoms with E-state index in [0.29, 0.717) is 6.04 Å². The van der Waals surface area contributed by atoms with E-state index in [0.717, 1.165) is 23.6 Å². The summed E-state index contributed by atoms with van der Waals surface area (Å²) < 4.78 is 0. The number of hydrogen-bond donors (Lipinski definition) is 2. The molecule has 0 aliphatic heterocycles. The average molecular weight is 216 g/mol. The highest BCUT2D eigenvalue weighted by molar-refractivity contribution is 5.53. The van der Waals surface area contributed by atoms with Gasteiger partial charge in [0, 0.05) is 42.4 Å². The molecule has 0 radical (unpaired) electrons. The van der Waals surface area contributed by atoms with Gasteiger partial charge in [-0.05, 0) is 12.1 Å². The Kier molecular flexibility index (Phi) is 3.31. The molecular formula is C12H16N4. The van der Waals surface area contributed by atoms with Crippen LogP contribution in [0, 0.1) is 0 Å². The quantitative estimate of drug-likeness (QED) is 0.821. The topological polar surface area (TPSA) is 53.6 Å². The third kappa shape index (κ3) is 2.67. The number of aromatic amines is 1. The van der Waals surface area contributed by atoms with E-state index >= 15 is 0 Å². The fourth-order valence-corrected chi connectivity index (χ4v) is 1.42. The van der Waals surface area contributed by atoms with Gasteiger partial charge in [0.1, 0.15) is 5.82 Å². The van der Waals surface area contributed by atoms with Gasteiger partial charge in [-0.2, -0.15) is 0 Å². The zero-order chi connectivity index (χ0) is 11.4. The third-order valence-electron chi connectivity index (χ3n) is 2.28. The maximum Gasteiger partial charge on any atom is 0.137 e. The van der Waals surface area contributed by atoms with Gasteiger partial charge in [0.2, 0.25) is 0 Å². The first-order valence-corrected chi connectivity index (χ1v) is 5.43. The molecule has 0 aliphatic rings. The fraction of sp³-hybridized carbons (Fsp3) is 0.333. The van der Waals surface area contributed by atoms with Crippen molar-refractivity contribution in [1.29, 1.82) is 0 Å². The van der Waals surface area contributed by atoms with E-state index in [1.165, 1.54) is 0 Å². The van der Waals surface area contributed by atoms with Crippen molar-refractivity contribution in [2.45, 2.75) is 26.4 Å². The first kappa shape index (κ1) is 10.8. The lowest BCUT2D eigenvalue weighted by Gasteiger charge is -2.05. The monoisotopic (exact) mass is 216 g/mol. The highest BCUT2D eigenvalue weighted by atomic mass is 15.0. The second kappa shape index (κ2) is 4.90. The van der Waals surface area contributed by atoms with E-state index in [9.17, 15) is 0 Å². The number of nitrogens with one attached hydrogen (secondary N) is 2. The fourth-order valence-electron chi connectivity index (χ4n) is 1.42. The molecule has 0 amide bonds. The molecule has 0 saturated heterocycles. The summed E-state index contributed by atoms with van der Waals surface area (Å²) in [7, 11) is 0. The summed E-state index contributed by atoms with van der Waals surface area (Å²) >= 11 is 0. The molecule has 2 aromatic rings. The van der Waals surface area contributed by atoms with E-state index in [2.05, 4.69) is 34.1 Å². The minimum Gasteiger partial charge on any atom is -0.341 e. The van der Waals surface area contributed by atoms with Gasteiger partial charge in [-0.1, -0.05) is 13.8 Å². The van der Waals surface area contributed by atoms with Gasteiger partial charge < -0.3 is 10.3 Å². The van der Waals surface area contributed by atoms with Gasteiger partial charge in [0.25, 0.3) is 0 Å². The third-order valence-corrected chi connectivity index (χ3v) is 2.28. The molecule has 0 aromatic carbocycles. The summed E-state index contributed by atoms with van der Waals surface area (Å²) in [5, 5.41) is 3.34. The second-order valence-corrected chi connectivity index (χ2v) is 4.03. The van der Waals surface area contributed by atoms with Gasteiger partial charge in [0.15, 0.2) is 0 Å². The predicted molar refractivity (Wildman–Crippen MR) is 63.8 cm³/mol. The van der Waals surface area contributed by atoms with Crippen molar-refractivity contribution >= 4 is 0 Å². The van der Waals surface area contributed by atoms with E-state index in [1.54, 1.807) is 12.4 Å². The molecule has 84 valence electrons. The number of nitrogens with zero attached hydrogens (tertiary/aromatic N) is 2. The van der Waals surface area contributed by atoms with Crippen LogP contribution in [0.1, 0.15) is 19.5 Å². The van der Waals surface area contributed by atoms with Crippen molar-refractivity contribution in [2.75, 3.05) is 0 Å². The average Bonchev–Trinajstić information content (AvgIpc) is 2.76. The lowest BCUT2D eigenvalue weighted by Crippen LogP contribution is -2.21. The van der Waals surface area contributed by atoms with Crippen LogP contribution in [0.5, 0.6) is 0 Å². The highest BCUT2D eigenvalue weighted by Gasteiger charge is 2.03. The Labute approximate surface area is 95.1 Å². The summed E-state index contributed by atoms with van der Waals surface area (Å²) in [4.78, 5) is 11.6. The zero-order valence-corrected chi connectivity index (χ0v) is 9.57. The number of H-pyrrole nitrogens is 1. The molecule has 0 bridgehead atoms. The molecular weight excluding hydrogens is 200 g/mol. The first-order valence-electron chi connectivity index (χ1n) is 5.43. The second-order valence-electron chi connectivity index (χ2n) is 4.03. The van der Waals surface area contributed by atoms with Crippen LogP contribution in [-0.2, 0) is 6.54 Å². The predicted octanol–water partition coefficient (Wildman–Crippen LogP) is 1.97. The van der Waals surface area contributed by atoms with Crippen LogP contribution in [0.3, 0.4) is 0 Å². The molecule has 0 aliphatic carbocycles. The van der Waals surface area contributed by atoms with Gasteiger partial charge in [-0.25, -0.2) is 4.98 Å². The van der Waals surface area contributed by atoms with Crippen molar-refractivity contribution < 1.29 is 0 Å². The summed E-state index contributed by atoms with van der Waals surface area (Å²) in [6, 6.07) is 4.37. The van der Waals surface area contributed by atoms with Crippen LogP contribution in [0.25, 0.3) is 11.4 Å². The smallest absolute Gasteiger partial charge is 0.137 e. The number of aromatic nitrogens is 3. The molecule has 0 fully saturated rings. The van der Waals surface area contributed by atoms with Gasteiger partial charge >= 0.3 is 0 Å². The van der Waals surface area contributed by atoms with Crippen LogP contribution >= 0.6 is 0 Å². The Balaban J connectivity index is 2.08.